The van der Waals surface area contributed by atoms with Crippen LogP contribution in [0.15, 0.2) is 30.3 Å². The van der Waals surface area contributed by atoms with E-state index in [0.29, 0.717) is 12.1 Å². The highest BCUT2D eigenvalue weighted by atomic mass is 15.2. The zero-order chi connectivity index (χ0) is 12.8. The van der Waals surface area contributed by atoms with Crippen LogP contribution in [0, 0.1) is 0 Å². The molecule has 0 aromatic heterocycles. The van der Waals surface area contributed by atoms with Gasteiger partial charge in [-0.15, -0.1) is 0 Å². The van der Waals surface area contributed by atoms with Gasteiger partial charge in [0, 0.05) is 18.6 Å². The van der Waals surface area contributed by atoms with Gasteiger partial charge in [-0.1, -0.05) is 43.7 Å². The van der Waals surface area contributed by atoms with Gasteiger partial charge in [-0.3, -0.25) is 4.90 Å². The van der Waals surface area contributed by atoms with Crippen molar-refractivity contribution in [1.82, 2.24) is 10.2 Å². The highest BCUT2D eigenvalue weighted by Crippen LogP contribution is 2.23. The predicted molar refractivity (Wildman–Crippen MR) is 77.7 cm³/mol. The summed E-state index contributed by atoms with van der Waals surface area (Å²) in [5.41, 5.74) is 1.44. The van der Waals surface area contributed by atoms with Crippen molar-refractivity contribution in [3.8, 4) is 0 Å². The largest absolute Gasteiger partial charge is 0.313 e. The first-order valence-corrected chi connectivity index (χ1v) is 7.30. The standard InChI is InChI=1S/C16H26N2/c1-3-16(14-9-5-4-6-10-14)18(2)13-15-11-7-8-12-17-15/h4-6,9-10,15-17H,3,7-8,11-13H2,1-2H3. The molecular formula is C16H26N2. The van der Waals surface area contributed by atoms with Crippen LogP contribution in [0.4, 0.5) is 0 Å². The Morgan fingerprint density at radius 3 is 2.67 bits per heavy atom. The molecule has 1 aromatic rings. The van der Waals surface area contributed by atoms with Crippen LogP contribution in [-0.2, 0) is 0 Å². The Hall–Kier alpha value is -0.860. The molecule has 1 aliphatic heterocycles. The molecule has 2 atom stereocenters. The fraction of sp³-hybridized carbons (Fsp3) is 0.625. The van der Waals surface area contributed by atoms with E-state index in [1.807, 2.05) is 0 Å². The minimum atomic E-state index is 0.551. The van der Waals surface area contributed by atoms with E-state index in [9.17, 15) is 0 Å². The predicted octanol–water partition coefficient (Wildman–Crippen LogP) is 3.21. The van der Waals surface area contributed by atoms with Crippen molar-refractivity contribution in [1.29, 1.82) is 0 Å². The lowest BCUT2D eigenvalue weighted by Crippen LogP contribution is -2.43. The Kier molecular flexibility index (Phi) is 5.21. The van der Waals surface area contributed by atoms with Crippen LogP contribution in [0.5, 0.6) is 0 Å². The van der Waals surface area contributed by atoms with Gasteiger partial charge in [0.25, 0.3) is 0 Å². The molecule has 100 valence electrons. The monoisotopic (exact) mass is 246 g/mol. The average molecular weight is 246 g/mol. The molecule has 1 fully saturated rings. The van der Waals surface area contributed by atoms with Crippen LogP contribution < -0.4 is 5.32 Å². The number of nitrogens with one attached hydrogen (secondary N) is 1. The summed E-state index contributed by atoms with van der Waals surface area (Å²) in [5.74, 6) is 0. The molecule has 18 heavy (non-hydrogen) atoms. The first-order chi connectivity index (χ1) is 8.81. The SMILES string of the molecule is CCC(c1ccccc1)N(C)CC1CCCCN1. The lowest BCUT2D eigenvalue weighted by molar-refractivity contribution is 0.199. The molecule has 1 heterocycles. The van der Waals surface area contributed by atoms with Crippen molar-refractivity contribution in [2.75, 3.05) is 20.1 Å². The number of hydrogen-bond acceptors (Lipinski definition) is 2. The van der Waals surface area contributed by atoms with Crippen LogP contribution in [0.3, 0.4) is 0 Å². The summed E-state index contributed by atoms with van der Waals surface area (Å²) < 4.78 is 0. The van der Waals surface area contributed by atoms with Crippen molar-refractivity contribution < 1.29 is 0 Å². The van der Waals surface area contributed by atoms with E-state index >= 15 is 0 Å². The molecular weight excluding hydrogens is 220 g/mol. The van der Waals surface area contributed by atoms with E-state index < -0.39 is 0 Å². The molecule has 1 aromatic carbocycles. The summed E-state index contributed by atoms with van der Waals surface area (Å²) in [5, 5.41) is 3.64. The van der Waals surface area contributed by atoms with Crippen LogP contribution in [0.25, 0.3) is 0 Å². The van der Waals surface area contributed by atoms with Crippen molar-refractivity contribution in [3.05, 3.63) is 35.9 Å². The van der Waals surface area contributed by atoms with E-state index in [0.717, 1.165) is 6.54 Å². The van der Waals surface area contributed by atoms with Gasteiger partial charge >= 0.3 is 0 Å². The average Bonchev–Trinajstić information content (AvgIpc) is 2.42. The minimum absolute atomic E-state index is 0.551. The number of rotatable bonds is 5. The molecule has 0 aliphatic carbocycles. The molecule has 1 aliphatic rings. The van der Waals surface area contributed by atoms with Crippen LogP contribution >= 0.6 is 0 Å². The Balaban J connectivity index is 1.94. The van der Waals surface area contributed by atoms with Gasteiger partial charge in [-0.25, -0.2) is 0 Å². The molecule has 2 rings (SSSR count). The highest BCUT2D eigenvalue weighted by Gasteiger charge is 2.20. The van der Waals surface area contributed by atoms with E-state index in [4.69, 9.17) is 0 Å². The number of hydrogen-bond donors (Lipinski definition) is 1. The third kappa shape index (κ3) is 3.56. The maximum absolute atomic E-state index is 3.64. The van der Waals surface area contributed by atoms with Crippen LogP contribution in [0.2, 0.25) is 0 Å². The third-order valence-electron chi connectivity index (χ3n) is 4.02. The number of nitrogens with zero attached hydrogens (tertiary/aromatic N) is 1. The van der Waals surface area contributed by atoms with Gasteiger partial charge < -0.3 is 5.32 Å². The topological polar surface area (TPSA) is 15.3 Å². The smallest absolute Gasteiger partial charge is 0.0343 e. The molecule has 0 spiro atoms. The molecule has 2 heteroatoms. The second kappa shape index (κ2) is 6.91. The van der Waals surface area contributed by atoms with E-state index in [1.54, 1.807) is 0 Å². The summed E-state index contributed by atoms with van der Waals surface area (Å²) in [4.78, 5) is 2.51. The number of likely N-dealkylation sites (N-methyl/N-ethyl adjacent to an activating group) is 1. The normalized spacial score (nSPS) is 22.1. The van der Waals surface area contributed by atoms with Crippen molar-refractivity contribution >= 4 is 0 Å². The minimum Gasteiger partial charge on any atom is -0.313 e. The van der Waals surface area contributed by atoms with Crippen LogP contribution in [0.1, 0.15) is 44.2 Å². The van der Waals surface area contributed by atoms with Gasteiger partial charge in [-0.05, 0) is 38.4 Å². The van der Waals surface area contributed by atoms with Crippen molar-refractivity contribution in [2.45, 2.75) is 44.7 Å². The quantitative estimate of drug-likeness (QED) is 0.858. The Labute approximate surface area is 111 Å². The van der Waals surface area contributed by atoms with Gasteiger partial charge in [0.15, 0.2) is 0 Å². The van der Waals surface area contributed by atoms with Crippen molar-refractivity contribution in [3.63, 3.8) is 0 Å². The summed E-state index contributed by atoms with van der Waals surface area (Å²) >= 11 is 0. The first-order valence-electron chi connectivity index (χ1n) is 7.30. The maximum Gasteiger partial charge on any atom is 0.0343 e. The van der Waals surface area contributed by atoms with Gasteiger partial charge in [0.2, 0.25) is 0 Å². The number of benzene rings is 1. The lowest BCUT2D eigenvalue weighted by Gasteiger charge is -2.33. The lowest BCUT2D eigenvalue weighted by atomic mass is 10.0. The summed E-state index contributed by atoms with van der Waals surface area (Å²) in [6.07, 6.45) is 5.23. The van der Waals surface area contributed by atoms with E-state index in [-0.39, 0.29) is 0 Å². The van der Waals surface area contributed by atoms with Crippen molar-refractivity contribution in [2.24, 2.45) is 0 Å². The summed E-state index contributed by atoms with van der Waals surface area (Å²) in [7, 11) is 2.26. The first kappa shape index (κ1) is 13.6. The van der Waals surface area contributed by atoms with Gasteiger partial charge in [0.05, 0.1) is 0 Å². The fourth-order valence-electron chi connectivity index (χ4n) is 3.03. The Morgan fingerprint density at radius 1 is 1.28 bits per heavy atom. The molecule has 0 saturated carbocycles. The molecule has 2 nitrogen and oxygen atoms in total. The molecule has 0 amide bonds. The van der Waals surface area contributed by atoms with Gasteiger partial charge in [0.1, 0.15) is 0 Å². The van der Waals surface area contributed by atoms with Crippen LogP contribution in [-0.4, -0.2) is 31.1 Å². The summed E-state index contributed by atoms with van der Waals surface area (Å²) in [6, 6.07) is 12.1. The van der Waals surface area contributed by atoms with E-state index in [1.165, 1.54) is 37.8 Å². The zero-order valence-electron chi connectivity index (χ0n) is 11.7. The fourth-order valence-corrected chi connectivity index (χ4v) is 3.03. The third-order valence-corrected chi connectivity index (χ3v) is 4.02. The molecule has 1 N–H and O–H groups in total. The second-order valence-electron chi connectivity index (χ2n) is 5.42. The molecule has 0 bridgehead atoms. The highest BCUT2D eigenvalue weighted by molar-refractivity contribution is 5.18. The van der Waals surface area contributed by atoms with Gasteiger partial charge in [-0.2, -0.15) is 0 Å². The second-order valence-corrected chi connectivity index (χ2v) is 5.42. The Morgan fingerprint density at radius 2 is 2.06 bits per heavy atom. The van der Waals surface area contributed by atoms with E-state index in [2.05, 4.69) is 54.5 Å². The summed E-state index contributed by atoms with van der Waals surface area (Å²) in [6.45, 7) is 4.64. The molecule has 2 unspecified atom stereocenters. The maximum atomic E-state index is 3.64. The molecule has 1 saturated heterocycles. The number of piperidine rings is 1. The molecule has 0 radical (unpaired) electrons. The Bertz CT molecular complexity index is 330. The zero-order valence-corrected chi connectivity index (χ0v) is 11.7.